The lowest BCUT2D eigenvalue weighted by Crippen LogP contribution is -2.44. The van der Waals surface area contributed by atoms with Crippen LogP contribution in [0.2, 0.25) is 0 Å². The minimum Gasteiger partial charge on any atom is -0.349 e. The number of rotatable bonds is 6. The lowest BCUT2D eigenvalue weighted by atomic mass is 10.0. The first-order valence-corrected chi connectivity index (χ1v) is 9.84. The van der Waals surface area contributed by atoms with Crippen molar-refractivity contribution < 1.29 is 9.59 Å². The molecule has 0 radical (unpaired) electrons. The molecule has 1 aliphatic heterocycles. The summed E-state index contributed by atoms with van der Waals surface area (Å²) in [5.41, 5.74) is 2.48. The standard InChI is InChI=1S/C22H28N4O2/c1-16(2)21(27)25-20-5-3-4-18(14-20)22(28)24-19-8-12-26(13-9-19)15-17-6-10-23-11-7-17/h3-7,10-11,14,16,19H,8-9,12-13,15H2,1-2H3,(H,24,28)(H,25,27). The number of nitrogens with one attached hydrogen (secondary N) is 2. The maximum atomic E-state index is 12.6. The number of benzene rings is 1. The molecule has 0 bridgehead atoms. The highest BCUT2D eigenvalue weighted by molar-refractivity contribution is 5.97. The first-order chi connectivity index (χ1) is 13.5. The molecular formula is C22H28N4O2. The van der Waals surface area contributed by atoms with Gasteiger partial charge in [-0.25, -0.2) is 0 Å². The van der Waals surface area contributed by atoms with E-state index in [1.807, 2.05) is 38.4 Å². The van der Waals surface area contributed by atoms with Gasteiger partial charge in [0.1, 0.15) is 0 Å². The van der Waals surface area contributed by atoms with E-state index in [9.17, 15) is 9.59 Å². The summed E-state index contributed by atoms with van der Waals surface area (Å²) >= 11 is 0. The van der Waals surface area contributed by atoms with Gasteiger partial charge in [-0.05, 0) is 48.7 Å². The summed E-state index contributed by atoms with van der Waals surface area (Å²) in [6.45, 7) is 6.51. The molecule has 148 valence electrons. The van der Waals surface area contributed by atoms with Crippen molar-refractivity contribution in [3.05, 3.63) is 59.9 Å². The van der Waals surface area contributed by atoms with Gasteiger partial charge in [0.15, 0.2) is 0 Å². The number of hydrogen-bond acceptors (Lipinski definition) is 4. The second-order valence-corrected chi connectivity index (χ2v) is 7.60. The molecular weight excluding hydrogens is 352 g/mol. The van der Waals surface area contributed by atoms with E-state index in [1.54, 1.807) is 24.3 Å². The van der Waals surface area contributed by atoms with Crippen molar-refractivity contribution in [2.45, 2.75) is 39.3 Å². The molecule has 6 nitrogen and oxygen atoms in total. The third-order valence-corrected chi connectivity index (χ3v) is 5.00. The second-order valence-electron chi connectivity index (χ2n) is 7.60. The molecule has 28 heavy (non-hydrogen) atoms. The number of amides is 2. The predicted octanol–water partition coefficient (Wildman–Crippen LogP) is 3.07. The van der Waals surface area contributed by atoms with Crippen molar-refractivity contribution in [1.82, 2.24) is 15.2 Å². The van der Waals surface area contributed by atoms with E-state index in [2.05, 4.69) is 20.5 Å². The van der Waals surface area contributed by atoms with E-state index in [-0.39, 0.29) is 23.8 Å². The Hall–Kier alpha value is -2.73. The molecule has 0 saturated carbocycles. The van der Waals surface area contributed by atoms with Crippen LogP contribution in [0.15, 0.2) is 48.8 Å². The van der Waals surface area contributed by atoms with Crippen molar-refractivity contribution in [3.8, 4) is 0 Å². The normalized spacial score (nSPS) is 15.4. The second kappa shape index (κ2) is 9.46. The SMILES string of the molecule is CC(C)C(=O)Nc1cccc(C(=O)NC2CCN(Cc3ccncc3)CC2)c1. The molecule has 6 heteroatoms. The number of carbonyl (C=O) groups excluding carboxylic acids is 2. The number of aromatic nitrogens is 1. The number of piperidine rings is 1. The van der Waals surface area contributed by atoms with Gasteiger partial charge in [-0.1, -0.05) is 19.9 Å². The van der Waals surface area contributed by atoms with Crippen molar-refractivity contribution in [2.75, 3.05) is 18.4 Å². The highest BCUT2D eigenvalue weighted by Crippen LogP contribution is 2.16. The fourth-order valence-electron chi connectivity index (χ4n) is 3.28. The molecule has 1 aromatic heterocycles. The van der Waals surface area contributed by atoms with Crippen LogP contribution >= 0.6 is 0 Å². The molecule has 2 N–H and O–H groups in total. The zero-order valence-corrected chi connectivity index (χ0v) is 16.5. The molecule has 3 rings (SSSR count). The summed E-state index contributed by atoms with van der Waals surface area (Å²) in [6, 6.07) is 11.4. The molecule has 1 aliphatic rings. The number of anilines is 1. The summed E-state index contributed by atoms with van der Waals surface area (Å²) in [4.78, 5) is 30.9. The van der Waals surface area contributed by atoms with Crippen LogP contribution in [0.4, 0.5) is 5.69 Å². The van der Waals surface area contributed by atoms with Crippen LogP contribution in [0, 0.1) is 5.92 Å². The maximum Gasteiger partial charge on any atom is 0.251 e. The van der Waals surface area contributed by atoms with Crippen molar-refractivity contribution >= 4 is 17.5 Å². The highest BCUT2D eigenvalue weighted by Gasteiger charge is 2.21. The average molecular weight is 380 g/mol. The summed E-state index contributed by atoms with van der Waals surface area (Å²) in [6.07, 6.45) is 5.50. The Morgan fingerprint density at radius 1 is 1.14 bits per heavy atom. The molecule has 1 saturated heterocycles. The minimum atomic E-state index is -0.102. The van der Waals surface area contributed by atoms with E-state index in [1.165, 1.54) is 5.56 Å². The Morgan fingerprint density at radius 3 is 2.54 bits per heavy atom. The zero-order valence-electron chi connectivity index (χ0n) is 16.5. The molecule has 2 heterocycles. The largest absolute Gasteiger partial charge is 0.349 e. The Labute approximate surface area is 166 Å². The van der Waals surface area contributed by atoms with Crippen LogP contribution in [0.3, 0.4) is 0 Å². The molecule has 2 aromatic rings. The zero-order chi connectivity index (χ0) is 19.9. The smallest absolute Gasteiger partial charge is 0.251 e. The number of pyridine rings is 1. The lowest BCUT2D eigenvalue weighted by Gasteiger charge is -2.32. The van der Waals surface area contributed by atoms with Gasteiger partial charge in [0.05, 0.1) is 0 Å². The first kappa shape index (κ1) is 20.0. The number of hydrogen-bond donors (Lipinski definition) is 2. The third kappa shape index (κ3) is 5.63. The van der Waals surface area contributed by atoms with Gasteiger partial charge < -0.3 is 10.6 Å². The summed E-state index contributed by atoms with van der Waals surface area (Å²) in [7, 11) is 0. The van der Waals surface area contributed by atoms with E-state index in [4.69, 9.17) is 0 Å². The van der Waals surface area contributed by atoms with Crippen LogP contribution in [0.1, 0.15) is 42.6 Å². The monoisotopic (exact) mass is 380 g/mol. The van der Waals surface area contributed by atoms with E-state index >= 15 is 0 Å². The average Bonchev–Trinajstić information content (AvgIpc) is 2.70. The number of nitrogens with zero attached hydrogens (tertiary/aromatic N) is 2. The molecule has 0 atom stereocenters. The molecule has 0 unspecified atom stereocenters. The quantitative estimate of drug-likeness (QED) is 0.808. The Balaban J connectivity index is 1.50. The summed E-state index contributed by atoms with van der Waals surface area (Å²) in [5.74, 6) is -0.248. The van der Waals surface area contributed by atoms with Crippen molar-refractivity contribution in [1.29, 1.82) is 0 Å². The summed E-state index contributed by atoms with van der Waals surface area (Å²) in [5, 5.41) is 5.97. The van der Waals surface area contributed by atoms with E-state index in [0.29, 0.717) is 11.3 Å². The Kier molecular flexibility index (Phi) is 6.76. The van der Waals surface area contributed by atoms with Crippen LogP contribution in [0.5, 0.6) is 0 Å². The van der Waals surface area contributed by atoms with Gasteiger partial charge in [0, 0.05) is 55.2 Å². The van der Waals surface area contributed by atoms with Gasteiger partial charge in [0.25, 0.3) is 5.91 Å². The Morgan fingerprint density at radius 2 is 1.86 bits per heavy atom. The summed E-state index contributed by atoms with van der Waals surface area (Å²) < 4.78 is 0. The molecule has 1 aromatic carbocycles. The lowest BCUT2D eigenvalue weighted by molar-refractivity contribution is -0.118. The topological polar surface area (TPSA) is 74.3 Å². The fourth-order valence-corrected chi connectivity index (χ4v) is 3.28. The van der Waals surface area contributed by atoms with E-state index < -0.39 is 0 Å². The minimum absolute atomic E-state index is 0.0564. The first-order valence-electron chi connectivity index (χ1n) is 9.84. The number of likely N-dealkylation sites (tertiary alicyclic amines) is 1. The maximum absolute atomic E-state index is 12.6. The van der Waals surface area contributed by atoms with Gasteiger partial charge in [-0.2, -0.15) is 0 Å². The molecule has 2 amide bonds. The van der Waals surface area contributed by atoms with Gasteiger partial charge in [-0.15, -0.1) is 0 Å². The van der Waals surface area contributed by atoms with Gasteiger partial charge in [-0.3, -0.25) is 19.5 Å². The molecule has 0 spiro atoms. The van der Waals surface area contributed by atoms with Gasteiger partial charge >= 0.3 is 0 Å². The fraction of sp³-hybridized carbons (Fsp3) is 0.409. The van der Waals surface area contributed by atoms with Crippen molar-refractivity contribution in [3.63, 3.8) is 0 Å². The highest BCUT2D eigenvalue weighted by atomic mass is 16.2. The van der Waals surface area contributed by atoms with Gasteiger partial charge in [0.2, 0.25) is 5.91 Å². The van der Waals surface area contributed by atoms with Crippen LogP contribution in [0.25, 0.3) is 0 Å². The van der Waals surface area contributed by atoms with E-state index in [0.717, 1.165) is 32.5 Å². The van der Waals surface area contributed by atoms with Crippen molar-refractivity contribution in [2.24, 2.45) is 5.92 Å². The molecule has 1 fully saturated rings. The van der Waals surface area contributed by atoms with Crippen LogP contribution in [-0.4, -0.2) is 40.8 Å². The van der Waals surface area contributed by atoms with Crippen LogP contribution < -0.4 is 10.6 Å². The predicted molar refractivity (Wildman–Crippen MR) is 110 cm³/mol. The third-order valence-electron chi connectivity index (χ3n) is 5.00. The van der Waals surface area contributed by atoms with Crippen LogP contribution in [-0.2, 0) is 11.3 Å². The number of carbonyl (C=O) groups is 2. The Bertz CT molecular complexity index is 799. The molecule has 0 aliphatic carbocycles.